The van der Waals surface area contributed by atoms with Gasteiger partial charge in [0.15, 0.2) is 0 Å². The van der Waals surface area contributed by atoms with Crippen LogP contribution in [-0.2, 0) is 6.54 Å². The molecule has 0 saturated heterocycles. The van der Waals surface area contributed by atoms with Crippen LogP contribution in [0, 0.1) is 0 Å². The fourth-order valence-electron chi connectivity index (χ4n) is 1.31. The fraction of sp³-hybridized carbons (Fsp3) is 0.182. The average molecular weight is 248 g/mol. The molecule has 0 aliphatic rings. The molecule has 0 spiro atoms. The lowest BCUT2D eigenvalue weighted by molar-refractivity contribution is 0.250. The first kappa shape index (κ1) is 11.9. The number of hydrogen-bond acceptors (Lipinski definition) is 5. The molecule has 0 aliphatic heterocycles. The highest BCUT2D eigenvalue weighted by Crippen LogP contribution is 2.17. The molecule has 7 nitrogen and oxygen atoms in total. The quantitative estimate of drug-likeness (QED) is 0.853. The van der Waals surface area contributed by atoms with E-state index in [1.807, 2.05) is 0 Å². The third kappa shape index (κ3) is 2.97. The van der Waals surface area contributed by atoms with Crippen LogP contribution in [0.2, 0.25) is 0 Å². The summed E-state index contributed by atoms with van der Waals surface area (Å²) < 4.78 is 10.1. The van der Waals surface area contributed by atoms with Gasteiger partial charge in [-0.15, -0.1) is 0 Å². The predicted octanol–water partition coefficient (Wildman–Crippen LogP) is 1.40. The second kappa shape index (κ2) is 5.67. The highest BCUT2D eigenvalue weighted by Gasteiger charge is 2.08. The number of ether oxygens (including phenoxy) is 1. The minimum Gasteiger partial charge on any atom is -0.479 e. The second-order valence-electron chi connectivity index (χ2n) is 3.33. The van der Waals surface area contributed by atoms with Crippen molar-refractivity contribution in [1.29, 1.82) is 0 Å². The number of amides is 2. The highest BCUT2D eigenvalue weighted by molar-refractivity contribution is 5.90. The van der Waals surface area contributed by atoms with E-state index in [9.17, 15) is 4.79 Å². The average Bonchev–Trinajstić information content (AvgIpc) is 2.90. The van der Waals surface area contributed by atoms with Gasteiger partial charge >= 0.3 is 6.03 Å². The molecule has 0 radical (unpaired) electrons. The molecule has 18 heavy (non-hydrogen) atoms. The normalized spacial score (nSPS) is 9.83. The SMILES string of the molecule is COc1ncncc1NC(=O)NCc1ccco1. The molecule has 0 unspecified atom stereocenters. The molecule has 2 rings (SSSR count). The van der Waals surface area contributed by atoms with Gasteiger partial charge in [0, 0.05) is 0 Å². The Bertz CT molecular complexity index is 513. The van der Waals surface area contributed by atoms with Crippen molar-refractivity contribution < 1.29 is 13.9 Å². The predicted molar refractivity (Wildman–Crippen MR) is 63.2 cm³/mol. The van der Waals surface area contributed by atoms with Crippen LogP contribution in [0.25, 0.3) is 0 Å². The van der Waals surface area contributed by atoms with Gasteiger partial charge in [0.2, 0.25) is 5.88 Å². The van der Waals surface area contributed by atoms with E-state index in [2.05, 4.69) is 20.6 Å². The highest BCUT2D eigenvalue weighted by atomic mass is 16.5. The molecule has 94 valence electrons. The minimum atomic E-state index is -0.389. The Labute approximate surface area is 103 Å². The molecular formula is C11H12N4O3. The molecule has 2 heterocycles. The molecule has 2 aromatic rings. The largest absolute Gasteiger partial charge is 0.479 e. The van der Waals surface area contributed by atoms with Crippen molar-refractivity contribution in [2.24, 2.45) is 0 Å². The van der Waals surface area contributed by atoms with Crippen molar-refractivity contribution in [2.45, 2.75) is 6.54 Å². The summed E-state index contributed by atoms with van der Waals surface area (Å²) in [6, 6.07) is 3.13. The van der Waals surface area contributed by atoms with Gasteiger partial charge in [-0.25, -0.2) is 9.78 Å². The first-order valence-electron chi connectivity index (χ1n) is 5.21. The van der Waals surface area contributed by atoms with Gasteiger partial charge in [-0.3, -0.25) is 0 Å². The lowest BCUT2D eigenvalue weighted by atomic mass is 10.4. The number of nitrogens with one attached hydrogen (secondary N) is 2. The van der Waals surface area contributed by atoms with Gasteiger partial charge in [0.05, 0.1) is 26.1 Å². The van der Waals surface area contributed by atoms with Crippen LogP contribution in [0.3, 0.4) is 0 Å². The molecule has 0 aromatic carbocycles. The van der Waals surface area contributed by atoms with Crippen LogP contribution in [0.4, 0.5) is 10.5 Å². The van der Waals surface area contributed by atoms with Gasteiger partial charge < -0.3 is 19.8 Å². The molecule has 0 saturated carbocycles. The monoisotopic (exact) mass is 248 g/mol. The van der Waals surface area contributed by atoms with Crippen LogP contribution < -0.4 is 15.4 Å². The maximum Gasteiger partial charge on any atom is 0.319 e. The summed E-state index contributed by atoms with van der Waals surface area (Å²) in [5.74, 6) is 0.972. The van der Waals surface area contributed by atoms with E-state index in [1.54, 1.807) is 18.4 Å². The Morgan fingerprint density at radius 3 is 3.17 bits per heavy atom. The van der Waals surface area contributed by atoms with Crippen LogP contribution in [0.1, 0.15) is 5.76 Å². The zero-order valence-electron chi connectivity index (χ0n) is 9.71. The molecule has 2 N–H and O–H groups in total. The first-order valence-corrected chi connectivity index (χ1v) is 5.21. The summed E-state index contributed by atoms with van der Waals surface area (Å²) in [5.41, 5.74) is 0.400. The lowest BCUT2D eigenvalue weighted by Crippen LogP contribution is -2.28. The Morgan fingerprint density at radius 2 is 2.44 bits per heavy atom. The second-order valence-corrected chi connectivity index (χ2v) is 3.33. The van der Waals surface area contributed by atoms with E-state index in [0.717, 1.165) is 0 Å². The van der Waals surface area contributed by atoms with Gasteiger partial charge in [0.25, 0.3) is 0 Å². The zero-order chi connectivity index (χ0) is 12.8. The molecule has 7 heteroatoms. The summed E-state index contributed by atoms with van der Waals surface area (Å²) in [5, 5.41) is 5.21. The molecule has 0 fully saturated rings. The van der Waals surface area contributed by atoms with Gasteiger partial charge in [-0.2, -0.15) is 4.98 Å². The topological polar surface area (TPSA) is 89.3 Å². The third-order valence-electron chi connectivity index (χ3n) is 2.12. The van der Waals surface area contributed by atoms with E-state index < -0.39 is 0 Å². The van der Waals surface area contributed by atoms with E-state index in [-0.39, 0.29) is 6.03 Å². The van der Waals surface area contributed by atoms with Crippen LogP contribution in [-0.4, -0.2) is 23.1 Å². The van der Waals surface area contributed by atoms with Crippen LogP contribution in [0.15, 0.2) is 35.3 Å². The minimum absolute atomic E-state index is 0.300. The summed E-state index contributed by atoms with van der Waals surface area (Å²) in [4.78, 5) is 19.3. The summed E-state index contributed by atoms with van der Waals surface area (Å²) in [6.45, 7) is 0.300. The van der Waals surface area contributed by atoms with E-state index in [4.69, 9.17) is 9.15 Å². The van der Waals surface area contributed by atoms with Crippen molar-refractivity contribution in [1.82, 2.24) is 15.3 Å². The molecule has 2 aromatic heterocycles. The number of aromatic nitrogens is 2. The number of urea groups is 1. The summed E-state index contributed by atoms with van der Waals surface area (Å²) >= 11 is 0. The van der Waals surface area contributed by atoms with Crippen molar-refractivity contribution in [3.63, 3.8) is 0 Å². The zero-order valence-corrected chi connectivity index (χ0v) is 9.71. The molecule has 2 amide bonds. The Hall–Kier alpha value is -2.57. The lowest BCUT2D eigenvalue weighted by Gasteiger charge is -2.08. The van der Waals surface area contributed by atoms with Crippen LogP contribution in [0.5, 0.6) is 5.88 Å². The maximum atomic E-state index is 11.6. The van der Waals surface area contributed by atoms with Gasteiger partial charge in [-0.05, 0) is 12.1 Å². The van der Waals surface area contributed by atoms with Crippen molar-refractivity contribution in [3.05, 3.63) is 36.7 Å². The Kier molecular flexibility index (Phi) is 3.75. The number of nitrogens with zero attached hydrogens (tertiary/aromatic N) is 2. The van der Waals surface area contributed by atoms with Gasteiger partial charge in [-0.1, -0.05) is 0 Å². The Morgan fingerprint density at radius 1 is 1.56 bits per heavy atom. The third-order valence-corrected chi connectivity index (χ3v) is 2.12. The standard InChI is InChI=1S/C11H12N4O3/c1-17-10-9(6-12-7-14-10)15-11(16)13-5-8-3-2-4-18-8/h2-4,6-7H,5H2,1H3,(H2,13,15,16). The Balaban J connectivity index is 1.90. The number of carbonyl (C=O) groups is 1. The van der Waals surface area contributed by atoms with Crippen molar-refractivity contribution in [3.8, 4) is 5.88 Å². The number of carbonyl (C=O) groups excluding carboxylic acids is 1. The van der Waals surface area contributed by atoms with Crippen molar-refractivity contribution >= 4 is 11.7 Å². The maximum absolute atomic E-state index is 11.6. The molecule has 0 aliphatic carbocycles. The summed E-state index contributed by atoms with van der Waals surface area (Å²) in [6.07, 6.45) is 4.34. The molecule has 0 atom stereocenters. The number of hydrogen-bond donors (Lipinski definition) is 2. The number of rotatable bonds is 4. The van der Waals surface area contributed by atoms with E-state index in [1.165, 1.54) is 19.6 Å². The molecule has 0 bridgehead atoms. The number of methoxy groups -OCH3 is 1. The smallest absolute Gasteiger partial charge is 0.319 e. The summed E-state index contributed by atoms with van der Waals surface area (Å²) in [7, 11) is 1.47. The van der Waals surface area contributed by atoms with Crippen molar-refractivity contribution in [2.75, 3.05) is 12.4 Å². The molecular weight excluding hydrogens is 236 g/mol. The van der Waals surface area contributed by atoms with Gasteiger partial charge in [0.1, 0.15) is 17.8 Å². The van der Waals surface area contributed by atoms with Crippen LogP contribution >= 0.6 is 0 Å². The van der Waals surface area contributed by atoms with E-state index in [0.29, 0.717) is 23.9 Å². The van der Waals surface area contributed by atoms with E-state index >= 15 is 0 Å². The fourth-order valence-corrected chi connectivity index (χ4v) is 1.31. The number of anilines is 1. The first-order chi connectivity index (χ1) is 8.79. The number of furan rings is 1.